The van der Waals surface area contributed by atoms with Crippen LogP contribution in [0.1, 0.15) is 27.7 Å². The molecule has 18 heavy (non-hydrogen) atoms. The Morgan fingerprint density at radius 1 is 0.833 bits per heavy atom. The van der Waals surface area contributed by atoms with E-state index in [2.05, 4.69) is 0 Å². The Balaban J connectivity index is 2.36. The smallest absolute Gasteiger partial charge is 0.189 e. The monoisotopic (exact) mass is 254 g/mol. The summed E-state index contributed by atoms with van der Waals surface area (Å²) >= 11 is 0. The third-order valence-corrected chi connectivity index (χ3v) is 2.06. The normalized spacial score (nSPS) is 11.0. The van der Waals surface area contributed by atoms with Gasteiger partial charge in [-0.1, -0.05) is 6.07 Å². The molecule has 1 aromatic rings. The molecule has 0 saturated heterocycles. The molecule has 0 fully saturated rings. The highest BCUT2D eigenvalue weighted by Crippen LogP contribution is 2.19. The molecule has 0 heterocycles. The van der Waals surface area contributed by atoms with E-state index in [1.165, 1.54) is 0 Å². The maximum absolute atomic E-state index is 5.44. The van der Waals surface area contributed by atoms with Gasteiger partial charge in [-0.25, -0.2) is 0 Å². The van der Waals surface area contributed by atoms with Crippen molar-refractivity contribution in [3.63, 3.8) is 0 Å². The first-order valence-electron chi connectivity index (χ1n) is 6.17. The van der Waals surface area contributed by atoms with Gasteiger partial charge >= 0.3 is 0 Å². The van der Waals surface area contributed by atoms with E-state index in [-0.39, 0.29) is 25.8 Å². The van der Waals surface area contributed by atoms with E-state index in [0.29, 0.717) is 0 Å². The molecule has 0 unspecified atom stereocenters. The molecule has 0 saturated carbocycles. The Morgan fingerprint density at radius 2 is 1.28 bits per heavy atom. The third kappa shape index (κ3) is 6.47. The Kier molecular flexibility index (Phi) is 6.54. The van der Waals surface area contributed by atoms with Gasteiger partial charge in [0.05, 0.1) is 12.2 Å². The summed E-state index contributed by atoms with van der Waals surface area (Å²) in [4.78, 5) is 0. The van der Waals surface area contributed by atoms with Gasteiger partial charge in [-0.15, -0.1) is 0 Å². The first-order chi connectivity index (χ1) is 8.58. The minimum Gasteiger partial charge on any atom is -0.467 e. The van der Waals surface area contributed by atoms with Gasteiger partial charge in [-0.3, -0.25) is 0 Å². The van der Waals surface area contributed by atoms with Crippen LogP contribution in [0.25, 0.3) is 0 Å². The molecule has 0 radical (unpaired) electrons. The van der Waals surface area contributed by atoms with Crippen molar-refractivity contribution in [2.75, 3.05) is 13.6 Å². The molecule has 0 bridgehead atoms. The molecule has 0 aliphatic carbocycles. The van der Waals surface area contributed by atoms with Crippen molar-refractivity contribution in [3.05, 3.63) is 24.3 Å². The lowest BCUT2D eigenvalue weighted by Gasteiger charge is -2.12. The number of hydrogen-bond donors (Lipinski definition) is 0. The fourth-order valence-corrected chi connectivity index (χ4v) is 1.13. The number of benzene rings is 1. The van der Waals surface area contributed by atoms with Gasteiger partial charge in [0.1, 0.15) is 11.5 Å². The highest BCUT2D eigenvalue weighted by Gasteiger charge is 2.00. The Hall–Kier alpha value is -1.26. The number of rotatable bonds is 8. The summed E-state index contributed by atoms with van der Waals surface area (Å²) in [6, 6.07) is 7.41. The maximum Gasteiger partial charge on any atom is 0.189 e. The fourth-order valence-electron chi connectivity index (χ4n) is 1.13. The zero-order valence-corrected chi connectivity index (χ0v) is 11.5. The Bertz CT molecular complexity index is 307. The molecule has 0 aromatic heterocycles. The molecule has 1 aromatic carbocycles. The molecule has 4 nitrogen and oxygen atoms in total. The van der Waals surface area contributed by atoms with E-state index < -0.39 is 0 Å². The average molecular weight is 254 g/mol. The van der Waals surface area contributed by atoms with Gasteiger partial charge in [0, 0.05) is 6.07 Å². The van der Waals surface area contributed by atoms with Crippen LogP contribution < -0.4 is 9.47 Å². The minimum atomic E-state index is 0.156. The van der Waals surface area contributed by atoms with Crippen LogP contribution >= 0.6 is 0 Å². The largest absolute Gasteiger partial charge is 0.467 e. The van der Waals surface area contributed by atoms with Crippen LogP contribution in [0, 0.1) is 0 Å². The summed E-state index contributed by atoms with van der Waals surface area (Å²) < 4.78 is 21.5. The van der Waals surface area contributed by atoms with Crippen molar-refractivity contribution in [1.82, 2.24) is 0 Å². The zero-order chi connectivity index (χ0) is 13.4. The highest BCUT2D eigenvalue weighted by molar-refractivity contribution is 5.32. The standard InChI is InChI=1S/C14H22O4/c1-11(2)15-9-17-13-6-5-7-14(8-13)18-10-16-12(3)4/h5-8,11-12H,9-10H2,1-4H3. The van der Waals surface area contributed by atoms with Gasteiger partial charge in [-0.2, -0.15) is 0 Å². The second-order valence-corrected chi connectivity index (χ2v) is 4.43. The van der Waals surface area contributed by atoms with E-state index in [1.807, 2.05) is 52.0 Å². The predicted molar refractivity (Wildman–Crippen MR) is 69.9 cm³/mol. The van der Waals surface area contributed by atoms with E-state index in [1.54, 1.807) is 0 Å². The summed E-state index contributed by atoms with van der Waals surface area (Å²) in [6.07, 6.45) is 0.313. The third-order valence-electron chi connectivity index (χ3n) is 2.06. The van der Waals surface area contributed by atoms with Crippen LogP contribution in [-0.2, 0) is 9.47 Å². The summed E-state index contributed by atoms with van der Waals surface area (Å²) in [5.41, 5.74) is 0. The molecule has 0 aliphatic heterocycles. The number of ether oxygens (including phenoxy) is 4. The van der Waals surface area contributed by atoms with Gasteiger partial charge in [-0.05, 0) is 39.8 Å². The first-order valence-corrected chi connectivity index (χ1v) is 6.17. The SMILES string of the molecule is CC(C)OCOc1cccc(OCOC(C)C)c1. The lowest BCUT2D eigenvalue weighted by molar-refractivity contribution is -0.0231. The average Bonchev–Trinajstić information content (AvgIpc) is 2.28. The van der Waals surface area contributed by atoms with Crippen LogP contribution in [-0.4, -0.2) is 25.8 Å². The van der Waals surface area contributed by atoms with Crippen LogP contribution in [0.15, 0.2) is 24.3 Å². The van der Waals surface area contributed by atoms with Crippen molar-refractivity contribution in [1.29, 1.82) is 0 Å². The van der Waals surface area contributed by atoms with Gasteiger partial charge in [0.15, 0.2) is 13.6 Å². The molecule has 1 rings (SSSR count). The molecule has 0 spiro atoms. The van der Waals surface area contributed by atoms with Gasteiger partial charge in [0.25, 0.3) is 0 Å². The summed E-state index contributed by atoms with van der Waals surface area (Å²) in [6.45, 7) is 8.34. The van der Waals surface area contributed by atoms with Gasteiger partial charge in [0.2, 0.25) is 0 Å². The van der Waals surface area contributed by atoms with Crippen molar-refractivity contribution in [3.8, 4) is 11.5 Å². The fraction of sp³-hybridized carbons (Fsp3) is 0.571. The zero-order valence-electron chi connectivity index (χ0n) is 11.5. The molecule has 0 aliphatic rings. The van der Waals surface area contributed by atoms with Crippen LogP contribution in [0.5, 0.6) is 11.5 Å². The quantitative estimate of drug-likeness (QED) is 0.667. The lowest BCUT2D eigenvalue weighted by atomic mass is 10.3. The second-order valence-electron chi connectivity index (χ2n) is 4.43. The molecular formula is C14H22O4. The van der Waals surface area contributed by atoms with Crippen molar-refractivity contribution in [2.45, 2.75) is 39.9 Å². The first kappa shape index (κ1) is 14.8. The second kappa shape index (κ2) is 7.95. The van der Waals surface area contributed by atoms with Crippen molar-refractivity contribution >= 4 is 0 Å². The highest BCUT2D eigenvalue weighted by atomic mass is 16.7. The summed E-state index contributed by atoms with van der Waals surface area (Å²) in [5.74, 6) is 1.44. The number of hydrogen-bond acceptors (Lipinski definition) is 4. The molecule has 0 atom stereocenters. The summed E-state index contributed by atoms with van der Waals surface area (Å²) in [7, 11) is 0. The van der Waals surface area contributed by atoms with E-state index in [9.17, 15) is 0 Å². The molecular weight excluding hydrogens is 232 g/mol. The molecule has 102 valence electrons. The summed E-state index contributed by atoms with van der Waals surface area (Å²) in [5, 5.41) is 0. The molecule has 0 amide bonds. The van der Waals surface area contributed by atoms with E-state index >= 15 is 0 Å². The molecule has 0 N–H and O–H groups in total. The maximum atomic E-state index is 5.44. The Morgan fingerprint density at radius 3 is 1.67 bits per heavy atom. The van der Waals surface area contributed by atoms with Crippen LogP contribution in [0.3, 0.4) is 0 Å². The minimum absolute atomic E-state index is 0.156. The van der Waals surface area contributed by atoms with Crippen molar-refractivity contribution in [2.24, 2.45) is 0 Å². The molecule has 4 heteroatoms. The lowest BCUT2D eigenvalue weighted by Crippen LogP contribution is -2.10. The van der Waals surface area contributed by atoms with Crippen LogP contribution in [0.4, 0.5) is 0 Å². The Labute approximate surface area is 109 Å². The topological polar surface area (TPSA) is 36.9 Å². The predicted octanol–water partition coefficient (Wildman–Crippen LogP) is 3.21. The van der Waals surface area contributed by atoms with E-state index in [0.717, 1.165) is 11.5 Å². The van der Waals surface area contributed by atoms with Crippen LogP contribution in [0.2, 0.25) is 0 Å². The van der Waals surface area contributed by atoms with E-state index in [4.69, 9.17) is 18.9 Å². The van der Waals surface area contributed by atoms with Gasteiger partial charge < -0.3 is 18.9 Å². The van der Waals surface area contributed by atoms with Crippen molar-refractivity contribution < 1.29 is 18.9 Å².